The molecule has 0 saturated carbocycles. The van der Waals surface area contributed by atoms with Gasteiger partial charge in [-0.3, -0.25) is 19.2 Å². The summed E-state index contributed by atoms with van der Waals surface area (Å²) < 4.78 is 10.7. The number of fused-ring (bicyclic) bond motifs is 1. The maximum absolute atomic E-state index is 13.9. The summed E-state index contributed by atoms with van der Waals surface area (Å²) in [7, 11) is 1.58. The van der Waals surface area contributed by atoms with E-state index in [1.54, 1.807) is 33.1 Å². The van der Waals surface area contributed by atoms with Crippen LogP contribution in [0.25, 0.3) is 5.57 Å². The molecule has 0 unspecified atom stereocenters. The van der Waals surface area contributed by atoms with E-state index < -0.39 is 29.5 Å². The fourth-order valence-corrected chi connectivity index (χ4v) is 5.83. The third-order valence-corrected chi connectivity index (χ3v) is 8.82. The molecule has 0 spiro atoms. The van der Waals surface area contributed by atoms with Crippen molar-refractivity contribution in [2.45, 2.75) is 64.1 Å². The van der Waals surface area contributed by atoms with Crippen molar-refractivity contribution in [3.05, 3.63) is 107 Å². The van der Waals surface area contributed by atoms with Crippen LogP contribution in [0.1, 0.15) is 49.4 Å². The fourth-order valence-electron chi connectivity index (χ4n) is 5.83. The number of Topliss-reactive ketones (excluding diaryl/α,β-unsaturated/α-hetero) is 2. The summed E-state index contributed by atoms with van der Waals surface area (Å²) in [6.07, 6.45) is 0.965. The highest BCUT2D eigenvalue weighted by molar-refractivity contribution is 6.05. The summed E-state index contributed by atoms with van der Waals surface area (Å²) in [5, 5.41) is 5.82. The van der Waals surface area contributed by atoms with Gasteiger partial charge in [0.15, 0.2) is 11.6 Å². The van der Waals surface area contributed by atoms with Gasteiger partial charge in [0, 0.05) is 24.3 Å². The van der Waals surface area contributed by atoms with E-state index in [1.165, 1.54) is 0 Å². The van der Waals surface area contributed by atoms with Gasteiger partial charge in [-0.15, -0.1) is 0 Å². The molecular formula is C37H40N2O6. The molecule has 1 saturated heterocycles. The number of allylic oxidation sites excluding steroid dienone is 1. The van der Waals surface area contributed by atoms with Crippen LogP contribution in [0.5, 0.6) is 5.75 Å². The number of ketones is 2. The molecule has 0 bridgehead atoms. The maximum Gasteiger partial charge on any atom is 0.248 e. The predicted octanol–water partition coefficient (Wildman–Crippen LogP) is 4.43. The molecule has 2 aliphatic rings. The monoisotopic (exact) mass is 608 g/mol. The number of carbonyl (C=O) groups excluding carboxylic acids is 4. The summed E-state index contributed by atoms with van der Waals surface area (Å²) >= 11 is 0. The Balaban J connectivity index is 1.31. The van der Waals surface area contributed by atoms with Crippen molar-refractivity contribution in [1.29, 1.82) is 0 Å². The summed E-state index contributed by atoms with van der Waals surface area (Å²) in [4.78, 5) is 54.1. The van der Waals surface area contributed by atoms with E-state index in [0.717, 1.165) is 27.8 Å². The second kappa shape index (κ2) is 13.6. The average Bonchev–Trinajstić information content (AvgIpc) is 3.72. The summed E-state index contributed by atoms with van der Waals surface area (Å²) in [6.45, 7) is 5.59. The second-order valence-electron chi connectivity index (χ2n) is 12.2. The Hall–Kier alpha value is -4.56. The minimum absolute atomic E-state index is 0.114. The highest BCUT2D eigenvalue weighted by Crippen LogP contribution is 2.32. The van der Waals surface area contributed by atoms with Crippen molar-refractivity contribution in [3.63, 3.8) is 0 Å². The first-order valence-electron chi connectivity index (χ1n) is 15.3. The Kier molecular flexibility index (Phi) is 9.63. The van der Waals surface area contributed by atoms with Crippen LogP contribution in [0, 0.1) is 5.92 Å². The van der Waals surface area contributed by atoms with E-state index in [-0.39, 0.29) is 30.3 Å². The second-order valence-corrected chi connectivity index (χ2v) is 12.2. The number of carbonyl (C=O) groups is 4. The number of hydrogen-bond acceptors (Lipinski definition) is 6. The standard InChI is InChI=1S/C37H40N2O6/c1-23-30-13-9-8-12-27(30)20-31(23)36(43)38-24(2)33(40)21-28(18-26-14-16-29(44-4)17-15-26)35(42)39-32(34(41)37(3)22-45-37)19-25-10-6-5-7-11-25/h5-17,24,28,32H,18-22H2,1-4H3,(H,38,43)(H,39,42)/t24-,28+,32-,37+/m0/s1. The van der Waals surface area contributed by atoms with Crippen molar-refractivity contribution < 1.29 is 28.7 Å². The Morgan fingerprint density at radius 3 is 2.18 bits per heavy atom. The lowest BCUT2D eigenvalue weighted by molar-refractivity contribution is -0.134. The third-order valence-electron chi connectivity index (χ3n) is 8.82. The van der Waals surface area contributed by atoms with Crippen LogP contribution < -0.4 is 15.4 Å². The summed E-state index contributed by atoms with van der Waals surface area (Å²) in [5.74, 6) is -1.25. The molecule has 5 rings (SSSR count). The van der Waals surface area contributed by atoms with Crippen molar-refractivity contribution in [2.24, 2.45) is 5.92 Å². The van der Waals surface area contributed by atoms with Crippen LogP contribution in [0.3, 0.4) is 0 Å². The number of methoxy groups -OCH3 is 1. The zero-order valence-corrected chi connectivity index (χ0v) is 26.2. The zero-order valence-electron chi connectivity index (χ0n) is 26.2. The van der Waals surface area contributed by atoms with Gasteiger partial charge in [-0.05, 0) is 73.6 Å². The molecule has 1 aliphatic heterocycles. The topological polar surface area (TPSA) is 114 Å². The molecule has 1 aliphatic carbocycles. The van der Waals surface area contributed by atoms with E-state index in [4.69, 9.17) is 9.47 Å². The number of benzene rings is 3. The van der Waals surface area contributed by atoms with Crippen LogP contribution in [0.15, 0.2) is 84.4 Å². The highest BCUT2D eigenvalue weighted by atomic mass is 16.6. The Labute approximate surface area is 264 Å². The molecule has 4 atom stereocenters. The number of amides is 2. The van der Waals surface area contributed by atoms with Crippen molar-refractivity contribution in [3.8, 4) is 5.75 Å². The largest absolute Gasteiger partial charge is 0.497 e. The van der Waals surface area contributed by atoms with Gasteiger partial charge in [0.2, 0.25) is 11.8 Å². The molecule has 1 heterocycles. The number of rotatable bonds is 14. The van der Waals surface area contributed by atoms with E-state index in [1.807, 2.05) is 73.7 Å². The summed E-state index contributed by atoms with van der Waals surface area (Å²) in [5.41, 5.74) is 4.48. The van der Waals surface area contributed by atoms with Crippen molar-refractivity contribution >= 4 is 29.0 Å². The predicted molar refractivity (Wildman–Crippen MR) is 172 cm³/mol. The minimum atomic E-state index is -0.931. The molecule has 3 aromatic rings. The molecule has 1 fully saturated rings. The van der Waals surface area contributed by atoms with Crippen molar-refractivity contribution in [1.82, 2.24) is 10.6 Å². The van der Waals surface area contributed by atoms with Gasteiger partial charge in [-0.1, -0.05) is 66.7 Å². The van der Waals surface area contributed by atoms with Crippen LogP contribution in [-0.4, -0.2) is 54.8 Å². The van der Waals surface area contributed by atoms with E-state index in [2.05, 4.69) is 10.6 Å². The van der Waals surface area contributed by atoms with Gasteiger partial charge < -0.3 is 20.1 Å². The highest BCUT2D eigenvalue weighted by Gasteiger charge is 2.50. The number of nitrogens with one attached hydrogen (secondary N) is 2. The van der Waals surface area contributed by atoms with Gasteiger partial charge >= 0.3 is 0 Å². The quantitative estimate of drug-likeness (QED) is 0.262. The molecular weight excluding hydrogens is 568 g/mol. The number of ether oxygens (including phenoxy) is 2. The fraction of sp³-hybridized carbons (Fsp3) is 0.351. The van der Waals surface area contributed by atoms with Gasteiger partial charge in [0.1, 0.15) is 11.4 Å². The zero-order chi connectivity index (χ0) is 32.1. The maximum atomic E-state index is 13.9. The average molecular weight is 609 g/mol. The van der Waals surface area contributed by atoms with Gasteiger partial charge in [-0.2, -0.15) is 0 Å². The van der Waals surface area contributed by atoms with Gasteiger partial charge in [0.25, 0.3) is 0 Å². The lowest BCUT2D eigenvalue weighted by atomic mass is 9.89. The lowest BCUT2D eigenvalue weighted by Gasteiger charge is -2.24. The Bertz CT molecular complexity index is 1610. The minimum Gasteiger partial charge on any atom is -0.497 e. The normalized spacial score (nSPS) is 18.8. The first-order valence-corrected chi connectivity index (χ1v) is 15.3. The van der Waals surface area contributed by atoms with E-state index in [0.29, 0.717) is 30.8 Å². The molecule has 234 valence electrons. The number of hydrogen-bond donors (Lipinski definition) is 2. The molecule has 2 amide bonds. The smallest absolute Gasteiger partial charge is 0.248 e. The molecule has 2 N–H and O–H groups in total. The van der Waals surface area contributed by atoms with Gasteiger partial charge in [-0.25, -0.2) is 0 Å². The van der Waals surface area contributed by atoms with Crippen molar-refractivity contribution in [2.75, 3.05) is 13.7 Å². The molecule has 45 heavy (non-hydrogen) atoms. The Morgan fingerprint density at radius 1 is 0.889 bits per heavy atom. The van der Waals surface area contributed by atoms with Crippen LogP contribution in [-0.2, 0) is 43.2 Å². The third kappa shape index (κ3) is 7.57. The van der Waals surface area contributed by atoms with Crippen LogP contribution in [0.4, 0.5) is 0 Å². The SMILES string of the molecule is COc1ccc(C[C@H](CC(=O)[C@H](C)NC(=O)C2=C(C)c3ccccc3C2)C(=O)N[C@@H](Cc2ccccc2)C(=O)[C@@]2(C)CO2)cc1. The molecule has 0 aromatic heterocycles. The molecule has 8 heteroatoms. The first-order chi connectivity index (χ1) is 21.6. The Morgan fingerprint density at radius 2 is 1.53 bits per heavy atom. The van der Waals surface area contributed by atoms with E-state index >= 15 is 0 Å². The molecule has 3 aromatic carbocycles. The van der Waals surface area contributed by atoms with E-state index in [9.17, 15) is 19.2 Å². The first kappa shape index (κ1) is 31.9. The lowest BCUT2D eigenvalue weighted by Crippen LogP contribution is -2.50. The van der Waals surface area contributed by atoms with Crippen LogP contribution >= 0.6 is 0 Å². The summed E-state index contributed by atoms with van der Waals surface area (Å²) in [6, 6.07) is 23.0. The van der Waals surface area contributed by atoms with Gasteiger partial charge in [0.05, 0.1) is 25.8 Å². The number of epoxide rings is 1. The van der Waals surface area contributed by atoms with Crippen LogP contribution in [0.2, 0.25) is 0 Å². The molecule has 8 nitrogen and oxygen atoms in total. The molecule has 0 radical (unpaired) electrons.